The second-order valence-corrected chi connectivity index (χ2v) is 11.2. The summed E-state index contributed by atoms with van der Waals surface area (Å²) in [6, 6.07) is 0. The van der Waals surface area contributed by atoms with Crippen LogP contribution in [0.3, 0.4) is 0 Å². The molecule has 0 aliphatic heterocycles. The summed E-state index contributed by atoms with van der Waals surface area (Å²) in [6.07, 6.45) is 6.14. The van der Waals surface area contributed by atoms with Crippen LogP contribution in [0.5, 0.6) is 0 Å². The summed E-state index contributed by atoms with van der Waals surface area (Å²) in [5.74, 6) is -4.09. The van der Waals surface area contributed by atoms with Gasteiger partial charge in [-0.25, -0.2) is 0 Å². The average molecular weight is 533 g/mol. The number of carbonyl (C=O) groups excluding carboxylic acids is 4. The molecule has 0 spiro atoms. The van der Waals surface area contributed by atoms with Crippen LogP contribution in [-0.2, 0) is 28.7 Å². The molecule has 10 heteroatoms. The zero-order valence-corrected chi connectivity index (χ0v) is 23.2. The number of hydrogen-bond acceptors (Lipinski definition) is 10. The first-order valence-corrected chi connectivity index (χ1v) is 12.9. The van der Waals surface area contributed by atoms with Crippen molar-refractivity contribution in [2.45, 2.75) is 66.2 Å². The Morgan fingerprint density at radius 2 is 1.11 bits per heavy atom. The molecular weight excluding hydrogens is 492 g/mol. The molecule has 0 aromatic carbocycles. The van der Waals surface area contributed by atoms with Gasteiger partial charge in [0.05, 0.1) is 25.4 Å². The summed E-state index contributed by atoms with van der Waals surface area (Å²) in [6.45, 7) is 7.89. The fraction of sp³-hybridized carbons (Fsp3) is 0.643. The van der Waals surface area contributed by atoms with Crippen LogP contribution in [0.1, 0.15) is 66.2 Å². The standard InChI is InChI=1S/C28H40N2O8/c1-27(2)13-19(31)17(23(33)21(27)25(35)37-5)15-29-11-9-7-8-10-12-30-16-18-20(32)14-28(3,4)22(24(18)34)26(36)38-6/h15-16,21-22,33-34H,7-14H2,1-6H3/t21-,22-/m1/s1. The average Bonchev–Trinajstić information content (AvgIpc) is 2.81. The van der Waals surface area contributed by atoms with E-state index in [2.05, 4.69) is 9.98 Å². The van der Waals surface area contributed by atoms with Crippen molar-refractivity contribution in [2.24, 2.45) is 32.7 Å². The van der Waals surface area contributed by atoms with Gasteiger partial charge < -0.3 is 19.7 Å². The number of nitrogens with zero attached hydrogens (tertiary/aromatic N) is 2. The van der Waals surface area contributed by atoms with Crippen LogP contribution < -0.4 is 0 Å². The number of methoxy groups -OCH3 is 2. The van der Waals surface area contributed by atoms with E-state index < -0.39 is 34.6 Å². The van der Waals surface area contributed by atoms with E-state index in [-0.39, 0.29) is 47.1 Å². The number of ether oxygens (including phenoxy) is 2. The van der Waals surface area contributed by atoms with E-state index in [1.165, 1.54) is 26.6 Å². The third-order valence-corrected chi connectivity index (χ3v) is 7.13. The highest BCUT2D eigenvalue weighted by atomic mass is 16.5. The lowest BCUT2D eigenvalue weighted by molar-refractivity contribution is -0.151. The summed E-state index contributed by atoms with van der Waals surface area (Å²) in [7, 11) is 2.50. The Morgan fingerprint density at radius 3 is 1.42 bits per heavy atom. The van der Waals surface area contributed by atoms with Gasteiger partial charge in [0.1, 0.15) is 23.4 Å². The van der Waals surface area contributed by atoms with E-state index in [1.807, 2.05) is 0 Å². The lowest BCUT2D eigenvalue weighted by Crippen LogP contribution is -2.40. The van der Waals surface area contributed by atoms with Crippen molar-refractivity contribution >= 4 is 35.9 Å². The number of unbranched alkanes of at least 4 members (excludes halogenated alkanes) is 3. The first kappa shape index (κ1) is 30.9. The van der Waals surface area contributed by atoms with E-state index in [9.17, 15) is 29.4 Å². The summed E-state index contributed by atoms with van der Waals surface area (Å²) in [5.41, 5.74) is -1.37. The highest BCUT2D eigenvalue weighted by molar-refractivity contribution is 6.16. The zero-order chi connectivity index (χ0) is 28.7. The van der Waals surface area contributed by atoms with Gasteiger partial charge >= 0.3 is 11.9 Å². The molecule has 0 fully saturated rings. The molecule has 0 amide bonds. The van der Waals surface area contributed by atoms with Gasteiger partial charge in [-0.15, -0.1) is 0 Å². The maximum atomic E-state index is 12.5. The maximum Gasteiger partial charge on any atom is 0.316 e. The number of carbonyl (C=O) groups is 4. The molecule has 0 saturated carbocycles. The molecular formula is C28H40N2O8. The van der Waals surface area contributed by atoms with Gasteiger partial charge in [-0.1, -0.05) is 40.5 Å². The molecule has 210 valence electrons. The highest BCUT2D eigenvalue weighted by Crippen LogP contribution is 2.42. The molecule has 0 heterocycles. The molecule has 2 N–H and O–H groups in total. The smallest absolute Gasteiger partial charge is 0.316 e. The number of Topliss-reactive ketones (excluding diaryl/α,β-unsaturated/α-hetero) is 2. The molecule has 2 atom stereocenters. The molecule has 0 saturated heterocycles. The Kier molecular flexibility index (Phi) is 10.6. The Morgan fingerprint density at radius 1 is 0.763 bits per heavy atom. The fourth-order valence-electron chi connectivity index (χ4n) is 5.00. The lowest BCUT2D eigenvalue weighted by Gasteiger charge is -2.35. The van der Waals surface area contributed by atoms with Crippen molar-refractivity contribution in [1.29, 1.82) is 0 Å². The first-order chi connectivity index (χ1) is 17.8. The fourth-order valence-corrected chi connectivity index (χ4v) is 5.00. The van der Waals surface area contributed by atoms with Gasteiger partial charge in [-0.05, 0) is 23.7 Å². The minimum atomic E-state index is -0.911. The number of aliphatic imine (C=N–C) groups is 2. The van der Waals surface area contributed by atoms with Crippen molar-refractivity contribution in [2.75, 3.05) is 27.3 Å². The molecule has 0 radical (unpaired) electrons. The van der Waals surface area contributed by atoms with Crippen LogP contribution >= 0.6 is 0 Å². The number of ketones is 2. The van der Waals surface area contributed by atoms with E-state index in [0.29, 0.717) is 13.1 Å². The monoisotopic (exact) mass is 532 g/mol. The topological polar surface area (TPSA) is 152 Å². The summed E-state index contributed by atoms with van der Waals surface area (Å²) >= 11 is 0. The minimum absolute atomic E-state index is 0.0571. The van der Waals surface area contributed by atoms with Gasteiger partial charge in [0, 0.05) is 38.4 Å². The second kappa shape index (κ2) is 13.0. The van der Waals surface area contributed by atoms with Crippen molar-refractivity contribution in [3.05, 3.63) is 22.7 Å². The molecule has 2 aliphatic carbocycles. The molecule has 38 heavy (non-hydrogen) atoms. The maximum absolute atomic E-state index is 12.5. The molecule has 2 aliphatic rings. The summed E-state index contributed by atoms with van der Waals surface area (Å²) in [4.78, 5) is 57.7. The molecule has 0 bridgehead atoms. The predicted molar refractivity (Wildman–Crippen MR) is 142 cm³/mol. The molecule has 0 aromatic rings. The van der Waals surface area contributed by atoms with Crippen LogP contribution in [0, 0.1) is 22.7 Å². The molecule has 2 rings (SSSR count). The number of aliphatic hydroxyl groups is 2. The SMILES string of the molecule is COC(=O)[C@H]1C(O)=C(C=NCCCCCCN=CC2=C(O)[C@H](C(=O)OC)C(C)(C)CC2=O)C(=O)CC1(C)C. The van der Waals surface area contributed by atoms with Crippen molar-refractivity contribution in [1.82, 2.24) is 0 Å². The van der Waals surface area contributed by atoms with Crippen LogP contribution in [0.15, 0.2) is 32.6 Å². The van der Waals surface area contributed by atoms with Crippen LogP contribution in [0.25, 0.3) is 0 Å². The van der Waals surface area contributed by atoms with E-state index in [0.717, 1.165) is 25.7 Å². The minimum Gasteiger partial charge on any atom is -0.511 e. The Balaban J connectivity index is 1.83. The van der Waals surface area contributed by atoms with Gasteiger partial charge in [0.25, 0.3) is 0 Å². The number of rotatable bonds is 11. The predicted octanol–water partition coefficient (Wildman–Crippen LogP) is 3.89. The number of allylic oxidation sites excluding steroid dienone is 2. The highest BCUT2D eigenvalue weighted by Gasteiger charge is 2.47. The van der Waals surface area contributed by atoms with Crippen molar-refractivity contribution in [3.63, 3.8) is 0 Å². The van der Waals surface area contributed by atoms with Gasteiger partial charge in [0.2, 0.25) is 0 Å². The number of aliphatic hydroxyl groups excluding tert-OH is 2. The third-order valence-electron chi connectivity index (χ3n) is 7.13. The van der Waals surface area contributed by atoms with Crippen LogP contribution in [-0.4, -0.2) is 73.5 Å². The van der Waals surface area contributed by atoms with Gasteiger partial charge in [-0.3, -0.25) is 29.2 Å². The Labute approximate surface area is 223 Å². The van der Waals surface area contributed by atoms with Gasteiger partial charge in [-0.2, -0.15) is 0 Å². The Bertz CT molecular complexity index is 981. The van der Waals surface area contributed by atoms with Crippen molar-refractivity contribution in [3.8, 4) is 0 Å². The molecule has 0 unspecified atom stereocenters. The third kappa shape index (κ3) is 7.17. The largest absolute Gasteiger partial charge is 0.511 e. The quantitative estimate of drug-likeness (QED) is 0.231. The lowest BCUT2D eigenvalue weighted by atomic mass is 9.68. The zero-order valence-electron chi connectivity index (χ0n) is 23.2. The van der Waals surface area contributed by atoms with E-state index in [4.69, 9.17) is 9.47 Å². The molecule has 10 nitrogen and oxygen atoms in total. The van der Waals surface area contributed by atoms with E-state index >= 15 is 0 Å². The second-order valence-electron chi connectivity index (χ2n) is 11.2. The van der Waals surface area contributed by atoms with Crippen molar-refractivity contribution < 1.29 is 38.9 Å². The van der Waals surface area contributed by atoms with Crippen LogP contribution in [0.4, 0.5) is 0 Å². The molecule has 0 aromatic heterocycles. The Hall–Kier alpha value is -3.30. The number of esters is 2. The summed E-state index contributed by atoms with van der Waals surface area (Å²) < 4.78 is 9.60. The van der Waals surface area contributed by atoms with Crippen LogP contribution in [0.2, 0.25) is 0 Å². The van der Waals surface area contributed by atoms with E-state index in [1.54, 1.807) is 27.7 Å². The summed E-state index contributed by atoms with van der Waals surface area (Å²) in [5, 5.41) is 21.1. The number of hydrogen-bond donors (Lipinski definition) is 2. The normalized spacial score (nSPS) is 23.4. The van der Waals surface area contributed by atoms with Gasteiger partial charge in [0.15, 0.2) is 11.6 Å². The first-order valence-electron chi connectivity index (χ1n) is 12.9.